The van der Waals surface area contributed by atoms with E-state index >= 15 is 0 Å². The van der Waals surface area contributed by atoms with Gasteiger partial charge in [-0.3, -0.25) is 9.59 Å². The van der Waals surface area contributed by atoms with Crippen LogP contribution in [0.15, 0.2) is 36.5 Å². The van der Waals surface area contributed by atoms with Crippen LogP contribution in [-0.4, -0.2) is 36.4 Å². The van der Waals surface area contributed by atoms with E-state index in [0.29, 0.717) is 12.8 Å². The van der Waals surface area contributed by atoms with Gasteiger partial charge in [-0.2, -0.15) is 0 Å². The summed E-state index contributed by atoms with van der Waals surface area (Å²) in [5, 5.41) is 9.53. The SMILES string of the molecule is CCC=CCC=CCC=CCCCCCCCC(=O)O[C@@H](CO)COC(=O)CCCCCCCCCCCCCCCCC. The number of esters is 2. The first-order valence-corrected chi connectivity index (χ1v) is 18.5. The molecule has 0 aromatic rings. The second kappa shape index (κ2) is 35.6. The summed E-state index contributed by atoms with van der Waals surface area (Å²) in [6, 6.07) is 0. The van der Waals surface area contributed by atoms with E-state index in [1.807, 2.05) is 0 Å². The van der Waals surface area contributed by atoms with Crippen LogP contribution in [0, 0.1) is 0 Å². The van der Waals surface area contributed by atoms with Gasteiger partial charge in [-0.25, -0.2) is 0 Å². The number of hydrogen-bond acceptors (Lipinski definition) is 5. The maximum absolute atomic E-state index is 12.1. The molecule has 256 valence electrons. The molecule has 0 radical (unpaired) electrons. The number of aliphatic hydroxyl groups is 1. The van der Waals surface area contributed by atoms with Crippen LogP contribution in [0.4, 0.5) is 0 Å². The van der Waals surface area contributed by atoms with E-state index in [9.17, 15) is 14.7 Å². The Kier molecular flexibility index (Phi) is 34.1. The van der Waals surface area contributed by atoms with E-state index in [1.165, 1.54) is 83.5 Å². The number of aliphatic hydroxyl groups excluding tert-OH is 1. The minimum absolute atomic E-state index is 0.0704. The maximum Gasteiger partial charge on any atom is 0.306 e. The molecular weight excluding hydrogens is 548 g/mol. The lowest BCUT2D eigenvalue weighted by Gasteiger charge is -2.15. The fourth-order valence-electron chi connectivity index (χ4n) is 5.16. The summed E-state index contributed by atoms with van der Waals surface area (Å²) in [4.78, 5) is 24.2. The van der Waals surface area contributed by atoms with Crippen molar-refractivity contribution in [2.45, 2.75) is 187 Å². The lowest BCUT2D eigenvalue weighted by Crippen LogP contribution is -2.28. The molecule has 0 saturated heterocycles. The van der Waals surface area contributed by atoms with E-state index in [0.717, 1.165) is 70.6 Å². The fourth-order valence-corrected chi connectivity index (χ4v) is 5.16. The lowest BCUT2D eigenvalue weighted by atomic mass is 10.0. The van der Waals surface area contributed by atoms with E-state index in [2.05, 4.69) is 50.3 Å². The average Bonchev–Trinajstić information content (AvgIpc) is 3.02. The highest BCUT2D eigenvalue weighted by atomic mass is 16.6. The molecule has 0 fully saturated rings. The van der Waals surface area contributed by atoms with Gasteiger partial charge in [-0.05, 0) is 44.9 Å². The van der Waals surface area contributed by atoms with E-state index in [-0.39, 0.29) is 25.2 Å². The van der Waals surface area contributed by atoms with Gasteiger partial charge in [0, 0.05) is 12.8 Å². The molecule has 0 spiro atoms. The number of carbonyl (C=O) groups excluding carboxylic acids is 2. The standard InChI is InChI=1S/C39H70O5/c1-3-5-7-9-11-13-15-17-19-21-23-25-27-29-31-33-38(41)43-36-37(35-40)44-39(42)34-32-30-28-26-24-22-20-18-16-14-12-10-8-6-4-2/h6,8,12,14,18,20,37,40H,3-5,7,9-11,13,15-17,19,21-36H2,1-2H3/t37-/m0/s1. The first-order chi connectivity index (χ1) is 21.6. The smallest absolute Gasteiger partial charge is 0.306 e. The van der Waals surface area contributed by atoms with Gasteiger partial charge in [0.25, 0.3) is 0 Å². The summed E-state index contributed by atoms with van der Waals surface area (Å²) in [6.45, 7) is 4.01. The van der Waals surface area contributed by atoms with Crippen molar-refractivity contribution < 1.29 is 24.2 Å². The van der Waals surface area contributed by atoms with Gasteiger partial charge in [-0.1, -0.05) is 159 Å². The molecule has 0 aromatic heterocycles. The Balaban J connectivity index is 3.58. The number of hydrogen-bond donors (Lipinski definition) is 1. The van der Waals surface area contributed by atoms with E-state index in [4.69, 9.17) is 9.47 Å². The average molecular weight is 619 g/mol. The Morgan fingerprint density at radius 1 is 0.545 bits per heavy atom. The zero-order valence-corrected chi connectivity index (χ0v) is 28.9. The van der Waals surface area contributed by atoms with Gasteiger partial charge >= 0.3 is 11.9 Å². The van der Waals surface area contributed by atoms with Gasteiger partial charge in [0.15, 0.2) is 6.10 Å². The summed E-state index contributed by atoms with van der Waals surface area (Å²) < 4.78 is 10.6. The molecule has 1 atom stereocenters. The van der Waals surface area contributed by atoms with Gasteiger partial charge in [0.2, 0.25) is 0 Å². The molecule has 0 aliphatic carbocycles. The summed E-state index contributed by atoms with van der Waals surface area (Å²) >= 11 is 0. The molecule has 44 heavy (non-hydrogen) atoms. The Hall–Kier alpha value is -1.88. The molecule has 0 aliphatic heterocycles. The van der Waals surface area contributed by atoms with Crippen molar-refractivity contribution in [2.75, 3.05) is 13.2 Å². The van der Waals surface area contributed by atoms with Crippen LogP contribution in [0.3, 0.4) is 0 Å². The largest absolute Gasteiger partial charge is 0.462 e. The number of allylic oxidation sites excluding steroid dienone is 6. The Labute approximate surface area is 272 Å². The summed E-state index contributed by atoms with van der Waals surface area (Å²) in [5.41, 5.74) is 0. The summed E-state index contributed by atoms with van der Waals surface area (Å²) in [7, 11) is 0. The first-order valence-electron chi connectivity index (χ1n) is 18.5. The van der Waals surface area contributed by atoms with Gasteiger partial charge in [0.05, 0.1) is 6.61 Å². The molecule has 0 saturated carbocycles. The molecule has 1 N–H and O–H groups in total. The Morgan fingerprint density at radius 2 is 0.977 bits per heavy atom. The third-order valence-electron chi connectivity index (χ3n) is 7.95. The fraction of sp³-hybridized carbons (Fsp3) is 0.795. The van der Waals surface area contributed by atoms with Gasteiger partial charge in [0.1, 0.15) is 6.61 Å². The van der Waals surface area contributed by atoms with Crippen LogP contribution in [0.25, 0.3) is 0 Å². The monoisotopic (exact) mass is 619 g/mol. The second-order valence-corrected chi connectivity index (χ2v) is 12.3. The number of unbranched alkanes of at least 4 members (excludes halogenated alkanes) is 19. The number of carbonyl (C=O) groups is 2. The third kappa shape index (κ3) is 33.0. The topological polar surface area (TPSA) is 72.8 Å². The van der Waals surface area contributed by atoms with Crippen molar-refractivity contribution in [1.82, 2.24) is 0 Å². The molecule has 0 rings (SSSR count). The molecule has 0 bridgehead atoms. The van der Waals surface area contributed by atoms with Crippen LogP contribution in [0.1, 0.15) is 181 Å². The van der Waals surface area contributed by atoms with Crippen LogP contribution < -0.4 is 0 Å². The summed E-state index contributed by atoms with van der Waals surface area (Å²) in [6.07, 6.45) is 42.0. The van der Waals surface area contributed by atoms with Crippen LogP contribution in [0.2, 0.25) is 0 Å². The van der Waals surface area contributed by atoms with Crippen LogP contribution in [0.5, 0.6) is 0 Å². The molecular formula is C39H70O5. The Bertz CT molecular complexity index is 711. The minimum Gasteiger partial charge on any atom is -0.462 e. The highest BCUT2D eigenvalue weighted by molar-refractivity contribution is 5.70. The van der Waals surface area contributed by atoms with Crippen molar-refractivity contribution in [2.24, 2.45) is 0 Å². The predicted molar refractivity (Wildman–Crippen MR) is 187 cm³/mol. The van der Waals surface area contributed by atoms with Crippen molar-refractivity contribution in [3.63, 3.8) is 0 Å². The molecule has 0 aromatic carbocycles. The number of ether oxygens (including phenoxy) is 2. The maximum atomic E-state index is 12.1. The number of rotatable bonds is 33. The van der Waals surface area contributed by atoms with Gasteiger partial charge in [-0.15, -0.1) is 0 Å². The quantitative estimate of drug-likeness (QED) is 0.0450. The second-order valence-electron chi connectivity index (χ2n) is 12.3. The van der Waals surface area contributed by atoms with Crippen molar-refractivity contribution in [3.8, 4) is 0 Å². The van der Waals surface area contributed by atoms with Crippen molar-refractivity contribution >= 4 is 11.9 Å². The predicted octanol–water partition coefficient (Wildman–Crippen LogP) is 11.3. The highest BCUT2D eigenvalue weighted by Gasteiger charge is 2.16. The first kappa shape index (κ1) is 42.1. The van der Waals surface area contributed by atoms with Crippen molar-refractivity contribution in [1.29, 1.82) is 0 Å². The lowest BCUT2D eigenvalue weighted by molar-refractivity contribution is -0.161. The molecule has 0 aliphatic rings. The van der Waals surface area contributed by atoms with Crippen LogP contribution >= 0.6 is 0 Å². The molecule has 5 nitrogen and oxygen atoms in total. The highest BCUT2D eigenvalue weighted by Crippen LogP contribution is 2.14. The van der Waals surface area contributed by atoms with Crippen molar-refractivity contribution in [3.05, 3.63) is 36.5 Å². The normalized spacial score (nSPS) is 12.5. The zero-order valence-electron chi connectivity index (χ0n) is 28.9. The van der Waals surface area contributed by atoms with Crippen LogP contribution in [-0.2, 0) is 19.1 Å². The van der Waals surface area contributed by atoms with E-state index < -0.39 is 6.10 Å². The van der Waals surface area contributed by atoms with Gasteiger partial charge < -0.3 is 14.6 Å². The Morgan fingerprint density at radius 3 is 1.48 bits per heavy atom. The minimum atomic E-state index is -0.776. The summed E-state index contributed by atoms with van der Waals surface area (Å²) in [5.74, 6) is -0.607. The molecule has 0 unspecified atom stereocenters. The molecule has 0 amide bonds. The molecule has 0 heterocycles. The third-order valence-corrected chi connectivity index (χ3v) is 7.95. The van der Waals surface area contributed by atoms with E-state index in [1.54, 1.807) is 0 Å². The molecule has 5 heteroatoms. The zero-order chi connectivity index (χ0) is 32.2.